The third-order valence-corrected chi connectivity index (χ3v) is 5.64. The van der Waals surface area contributed by atoms with Crippen molar-refractivity contribution < 1.29 is 19.4 Å². The molecule has 178 valence electrons. The lowest BCUT2D eigenvalue weighted by Gasteiger charge is -2.25. The fraction of sp³-hybridized carbons (Fsp3) is 0.440. The molecular weight excluding hydrogens is 420 g/mol. The van der Waals surface area contributed by atoms with Crippen molar-refractivity contribution in [1.29, 1.82) is 0 Å². The van der Waals surface area contributed by atoms with Crippen LogP contribution in [0.15, 0.2) is 42.5 Å². The number of phenols is 1. The first-order valence-corrected chi connectivity index (χ1v) is 11.5. The summed E-state index contributed by atoms with van der Waals surface area (Å²) in [6, 6.07) is 12.4. The van der Waals surface area contributed by atoms with Gasteiger partial charge in [0.05, 0.1) is 7.11 Å². The maximum Gasteiger partial charge on any atom is 0.225 e. The number of nitrogens with one attached hydrogen (secondary N) is 3. The summed E-state index contributed by atoms with van der Waals surface area (Å²) in [6.45, 7) is 4.00. The van der Waals surface area contributed by atoms with E-state index in [2.05, 4.69) is 20.9 Å². The Morgan fingerprint density at radius 1 is 0.970 bits per heavy atom. The van der Waals surface area contributed by atoms with Crippen molar-refractivity contribution >= 4 is 23.2 Å². The number of hydrogen-bond donors (Lipinski definition) is 4. The minimum absolute atomic E-state index is 0.0147. The molecule has 8 nitrogen and oxygen atoms in total. The number of phenolic OH excluding ortho intramolecular Hbond substituents is 1. The number of amides is 2. The van der Waals surface area contributed by atoms with Gasteiger partial charge in [-0.15, -0.1) is 0 Å². The van der Waals surface area contributed by atoms with Gasteiger partial charge < -0.3 is 30.7 Å². The second-order valence-electron chi connectivity index (χ2n) is 8.26. The van der Waals surface area contributed by atoms with E-state index in [1.165, 1.54) is 26.4 Å². The molecule has 1 saturated heterocycles. The van der Waals surface area contributed by atoms with Gasteiger partial charge in [-0.1, -0.05) is 18.6 Å². The van der Waals surface area contributed by atoms with Gasteiger partial charge in [0, 0.05) is 43.9 Å². The van der Waals surface area contributed by atoms with Crippen LogP contribution >= 0.6 is 0 Å². The summed E-state index contributed by atoms with van der Waals surface area (Å²) in [5.41, 5.74) is 2.28. The molecule has 1 fully saturated rings. The number of hydrogen-bond acceptors (Lipinski definition) is 6. The van der Waals surface area contributed by atoms with Crippen molar-refractivity contribution in [1.82, 2.24) is 10.2 Å². The fourth-order valence-electron chi connectivity index (χ4n) is 3.83. The molecule has 0 radical (unpaired) electrons. The number of benzene rings is 2. The number of aromatic hydroxyl groups is 1. The van der Waals surface area contributed by atoms with Crippen LogP contribution in [0.5, 0.6) is 11.5 Å². The summed E-state index contributed by atoms with van der Waals surface area (Å²) in [4.78, 5) is 26.9. The minimum atomic E-state index is -0.112. The highest BCUT2D eigenvalue weighted by atomic mass is 16.5. The molecule has 33 heavy (non-hydrogen) atoms. The molecule has 2 aromatic carbocycles. The Kier molecular flexibility index (Phi) is 9.53. The normalized spacial score (nSPS) is 14.0. The van der Waals surface area contributed by atoms with Gasteiger partial charge in [0.25, 0.3) is 0 Å². The number of nitrogens with zero attached hydrogens (tertiary/aromatic N) is 1. The average Bonchev–Trinajstić information content (AvgIpc) is 2.82. The largest absolute Gasteiger partial charge is 0.504 e. The molecule has 2 amide bonds. The van der Waals surface area contributed by atoms with Crippen LogP contribution in [0.3, 0.4) is 0 Å². The molecule has 0 unspecified atom stereocenters. The van der Waals surface area contributed by atoms with Gasteiger partial charge in [0.1, 0.15) is 0 Å². The maximum absolute atomic E-state index is 12.3. The number of carbonyl (C=O) groups is 2. The van der Waals surface area contributed by atoms with E-state index in [-0.39, 0.29) is 17.6 Å². The van der Waals surface area contributed by atoms with Crippen LogP contribution in [-0.2, 0) is 16.1 Å². The molecule has 4 N–H and O–H groups in total. The molecule has 8 heteroatoms. The van der Waals surface area contributed by atoms with Gasteiger partial charge in [-0.25, -0.2) is 0 Å². The lowest BCUT2D eigenvalue weighted by molar-refractivity contribution is -0.117. The van der Waals surface area contributed by atoms with E-state index in [9.17, 15) is 14.7 Å². The van der Waals surface area contributed by atoms with Gasteiger partial charge in [0.15, 0.2) is 11.5 Å². The van der Waals surface area contributed by atoms with E-state index >= 15 is 0 Å². The number of carbonyl (C=O) groups excluding carboxylic acids is 2. The van der Waals surface area contributed by atoms with Crippen LogP contribution < -0.4 is 20.7 Å². The van der Waals surface area contributed by atoms with Crippen LogP contribution in [0.25, 0.3) is 0 Å². The first kappa shape index (κ1) is 24.5. The van der Waals surface area contributed by atoms with Crippen molar-refractivity contribution in [3.63, 3.8) is 0 Å². The zero-order valence-electron chi connectivity index (χ0n) is 19.2. The third kappa shape index (κ3) is 8.40. The zero-order chi connectivity index (χ0) is 23.5. The van der Waals surface area contributed by atoms with E-state index in [0.29, 0.717) is 43.1 Å². The van der Waals surface area contributed by atoms with Crippen molar-refractivity contribution in [2.45, 2.75) is 38.6 Å². The Morgan fingerprint density at radius 3 is 2.36 bits per heavy atom. The molecule has 0 saturated carbocycles. The van der Waals surface area contributed by atoms with Crippen LogP contribution in [0.1, 0.15) is 37.7 Å². The summed E-state index contributed by atoms with van der Waals surface area (Å²) < 4.78 is 5.10. The maximum atomic E-state index is 12.3. The van der Waals surface area contributed by atoms with E-state index < -0.39 is 0 Å². The molecule has 1 aliphatic rings. The van der Waals surface area contributed by atoms with E-state index in [1.807, 2.05) is 12.1 Å². The summed E-state index contributed by atoms with van der Waals surface area (Å²) in [6.07, 6.45) is 4.48. The van der Waals surface area contributed by atoms with Crippen molar-refractivity contribution in [2.24, 2.45) is 0 Å². The number of likely N-dealkylation sites (tertiary alicyclic amines) is 1. The van der Waals surface area contributed by atoms with Crippen molar-refractivity contribution in [3.05, 3.63) is 48.0 Å². The Morgan fingerprint density at radius 2 is 1.67 bits per heavy atom. The van der Waals surface area contributed by atoms with Crippen LogP contribution in [0.2, 0.25) is 0 Å². The number of piperidine rings is 1. The third-order valence-electron chi connectivity index (χ3n) is 5.64. The number of ether oxygens (including phenoxy) is 1. The quantitative estimate of drug-likeness (QED) is 0.389. The molecule has 0 aliphatic carbocycles. The summed E-state index contributed by atoms with van der Waals surface area (Å²) in [5, 5.41) is 18.6. The molecule has 1 aliphatic heterocycles. The van der Waals surface area contributed by atoms with Crippen LogP contribution in [0.4, 0.5) is 11.4 Å². The van der Waals surface area contributed by atoms with Gasteiger partial charge in [0.2, 0.25) is 11.8 Å². The Labute approximate surface area is 195 Å². The lowest BCUT2D eigenvalue weighted by Crippen LogP contribution is -2.32. The molecule has 1 heterocycles. The number of methoxy groups -OCH3 is 1. The average molecular weight is 455 g/mol. The molecule has 2 aromatic rings. The predicted molar refractivity (Wildman–Crippen MR) is 130 cm³/mol. The first-order valence-electron chi connectivity index (χ1n) is 11.5. The standard InChI is InChI=1S/C25H34N4O4/c1-33-23-16-19(8-9-22(23)30)18-26-12-10-24(31)27-20-6-5-7-21(17-20)28-25(32)11-15-29-13-3-2-4-14-29/h5-9,16-17,26,30H,2-4,10-15,18H2,1H3,(H,27,31)(H,28,32). The molecule has 0 bridgehead atoms. The highest BCUT2D eigenvalue weighted by Crippen LogP contribution is 2.26. The second kappa shape index (κ2) is 12.8. The minimum Gasteiger partial charge on any atom is -0.504 e. The zero-order valence-corrected chi connectivity index (χ0v) is 19.2. The number of rotatable bonds is 11. The van der Waals surface area contributed by atoms with Gasteiger partial charge in [-0.2, -0.15) is 0 Å². The molecule has 0 spiro atoms. The van der Waals surface area contributed by atoms with Gasteiger partial charge in [-0.3, -0.25) is 9.59 Å². The predicted octanol–water partition coefficient (Wildman–Crippen LogP) is 3.33. The van der Waals surface area contributed by atoms with Gasteiger partial charge in [-0.05, 0) is 61.8 Å². The summed E-state index contributed by atoms with van der Waals surface area (Å²) in [5.74, 6) is 0.394. The number of anilines is 2. The van der Waals surface area contributed by atoms with E-state index in [1.54, 1.807) is 30.3 Å². The topological polar surface area (TPSA) is 103 Å². The van der Waals surface area contributed by atoms with Crippen molar-refractivity contribution in [3.8, 4) is 11.5 Å². The highest BCUT2D eigenvalue weighted by Gasteiger charge is 2.12. The smallest absolute Gasteiger partial charge is 0.225 e. The van der Waals surface area contributed by atoms with Crippen molar-refractivity contribution in [2.75, 3.05) is 43.9 Å². The monoisotopic (exact) mass is 454 g/mol. The molecule has 3 rings (SSSR count). The van der Waals surface area contributed by atoms with Gasteiger partial charge >= 0.3 is 0 Å². The van der Waals surface area contributed by atoms with Crippen LogP contribution in [0, 0.1) is 0 Å². The first-order chi connectivity index (χ1) is 16.0. The summed E-state index contributed by atoms with van der Waals surface area (Å²) >= 11 is 0. The molecule has 0 aromatic heterocycles. The van der Waals surface area contributed by atoms with Crippen LogP contribution in [-0.4, -0.2) is 55.1 Å². The Bertz CT molecular complexity index is 928. The molecule has 0 atom stereocenters. The highest BCUT2D eigenvalue weighted by molar-refractivity contribution is 5.94. The van der Waals surface area contributed by atoms with E-state index in [0.717, 1.165) is 25.2 Å². The Hall–Kier alpha value is -3.10. The lowest BCUT2D eigenvalue weighted by atomic mass is 10.1. The SMILES string of the molecule is COc1cc(CNCCC(=O)Nc2cccc(NC(=O)CCN3CCCCC3)c2)ccc1O. The Balaban J connectivity index is 1.37. The van der Waals surface area contributed by atoms with E-state index in [4.69, 9.17) is 4.74 Å². The fourth-order valence-corrected chi connectivity index (χ4v) is 3.83. The molecular formula is C25H34N4O4. The second-order valence-corrected chi connectivity index (χ2v) is 8.26. The summed E-state index contributed by atoms with van der Waals surface area (Å²) in [7, 11) is 1.51.